The molecular formula is C31H34F3NO5S. The number of methoxy groups -OCH3 is 1. The highest BCUT2D eigenvalue weighted by atomic mass is 32.2. The summed E-state index contributed by atoms with van der Waals surface area (Å²) in [4.78, 5) is 1.62. The first-order valence-corrected chi connectivity index (χ1v) is 15.2. The molecule has 0 radical (unpaired) electrons. The average Bonchev–Trinajstić information content (AvgIpc) is 2.96. The molecule has 1 heterocycles. The highest BCUT2D eigenvalue weighted by Crippen LogP contribution is 2.38. The van der Waals surface area contributed by atoms with Crippen LogP contribution in [0.25, 0.3) is 11.3 Å². The van der Waals surface area contributed by atoms with Crippen molar-refractivity contribution in [1.82, 2.24) is 4.90 Å². The second kappa shape index (κ2) is 13.0. The standard InChI is InChI=1S/C31H34F3NO5S/c1-22(24-9-16-29(41(3,36)37)28(21-24)31(32,33)34)30(23-7-10-25(38-2)11-8-23)40-27-14-12-26(13-15-27)39-20-19-35-17-5-4-6-18-35/h7-16,21H,4-6,17-20H2,1-3H3/b30-22+. The molecule has 10 heteroatoms. The number of likely N-dealkylation sites (tertiary alicyclic amines) is 1. The summed E-state index contributed by atoms with van der Waals surface area (Å²) < 4.78 is 83.1. The molecule has 0 aromatic heterocycles. The fourth-order valence-electron chi connectivity index (χ4n) is 4.73. The fourth-order valence-corrected chi connectivity index (χ4v) is 5.62. The quantitative estimate of drug-likeness (QED) is 0.188. The van der Waals surface area contributed by atoms with E-state index in [1.54, 1.807) is 55.5 Å². The first kappa shape index (κ1) is 30.5. The van der Waals surface area contributed by atoms with E-state index in [4.69, 9.17) is 14.2 Å². The maximum absolute atomic E-state index is 13.9. The smallest absolute Gasteiger partial charge is 0.417 e. The molecule has 3 aromatic carbocycles. The first-order valence-electron chi connectivity index (χ1n) is 13.4. The van der Waals surface area contributed by atoms with Gasteiger partial charge < -0.3 is 14.2 Å². The number of allylic oxidation sites excluding steroid dienone is 1. The lowest BCUT2D eigenvalue weighted by molar-refractivity contribution is -0.139. The summed E-state index contributed by atoms with van der Waals surface area (Å²) in [6.45, 7) is 5.25. The van der Waals surface area contributed by atoms with E-state index < -0.39 is 26.5 Å². The van der Waals surface area contributed by atoms with Crippen molar-refractivity contribution in [2.75, 3.05) is 39.6 Å². The van der Waals surface area contributed by atoms with Crippen LogP contribution in [0.1, 0.15) is 42.9 Å². The molecule has 0 bridgehead atoms. The Kier molecular flexibility index (Phi) is 9.65. The van der Waals surface area contributed by atoms with Crippen molar-refractivity contribution in [3.05, 3.63) is 83.4 Å². The van der Waals surface area contributed by atoms with Crippen LogP contribution in [-0.2, 0) is 16.0 Å². The highest BCUT2D eigenvalue weighted by Gasteiger charge is 2.36. The van der Waals surface area contributed by atoms with Gasteiger partial charge in [0.05, 0.1) is 17.6 Å². The predicted octanol–water partition coefficient (Wildman–Crippen LogP) is 6.95. The van der Waals surface area contributed by atoms with Gasteiger partial charge in [-0.15, -0.1) is 0 Å². The molecule has 1 fully saturated rings. The third kappa shape index (κ3) is 8.04. The zero-order valence-electron chi connectivity index (χ0n) is 23.3. The summed E-state index contributed by atoms with van der Waals surface area (Å²) >= 11 is 0. The van der Waals surface area contributed by atoms with Crippen LogP contribution >= 0.6 is 0 Å². The van der Waals surface area contributed by atoms with Gasteiger partial charge in [0.1, 0.15) is 29.6 Å². The number of alkyl halides is 3. The lowest BCUT2D eigenvalue weighted by atomic mass is 10.00. The molecule has 0 amide bonds. The number of nitrogens with zero attached hydrogens (tertiary/aromatic N) is 1. The molecule has 0 aliphatic carbocycles. The Bertz CT molecular complexity index is 1460. The minimum Gasteiger partial charge on any atom is -0.497 e. The Morgan fingerprint density at radius 1 is 0.854 bits per heavy atom. The van der Waals surface area contributed by atoms with E-state index in [1.807, 2.05) is 0 Å². The highest BCUT2D eigenvalue weighted by molar-refractivity contribution is 7.90. The van der Waals surface area contributed by atoms with E-state index in [0.29, 0.717) is 40.8 Å². The number of halogens is 3. The number of ether oxygens (including phenoxy) is 3. The molecule has 0 saturated carbocycles. The molecule has 4 rings (SSSR count). The van der Waals surface area contributed by atoms with Gasteiger partial charge in [-0.05, 0) is 105 Å². The number of hydrogen-bond donors (Lipinski definition) is 0. The Hall–Kier alpha value is -3.50. The van der Waals surface area contributed by atoms with Crippen molar-refractivity contribution in [2.24, 2.45) is 0 Å². The third-order valence-corrected chi connectivity index (χ3v) is 8.13. The van der Waals surface area contributed by atoms with Gasteiger partial charge in [-0.1, -0.05) is 12.5 Å². The Morgan fingerprint density at radius 3 is 2.02 bits per heavy atom. The molecule has 220 valence electrons. The lowest BCUT2D eigenvalue weighted by Gasteiger charge is -2.26. The van der Waals surface area contributed by atoms with Crippen molar-refractivity contribution in [3.8, 4) is 17.2 Å². The predicted molar refractivity (Wildman–Crippen MR) is 153 cm³/mol. The van der Waals surface area contributed by atoms with Gasteiger partial charge in [0.25, 0.3) is 0 Å². The second-order valence-corrected chi connectivity index (χ2v) is 12.0. The summed E-state index contributed by atoms with van der Waals surface area (Å²) in [5.41, 5.74) is -0.0568. The van der Waals surface area contributed by atoms with Crippen molar-refractivity contribution < 1.29 is 35.8 Å². The minimum absolute atomic E-state index is 0.174. The van der Waals surface area contributed by atoms with Gasteiger partial charge >= 0.3 is 6.18 Å². The van der Waals surface area contributed by atoms with Gasteiger partial charge in [0.2, 0.25) is 0 Å². The monoisotopic (exact) mass is 589 g/mol. The Balaban J connectivity index is 1.63. The summed E-state index contributed by atoms with van der Waals surface area (Å²) in [5.74, 6) is 2.06. The minimum atomic E-state index is -4.86. The van der Waals surface area contributed by atoms with E-state index in [9.17, 15) is 21.6 Å². The van der Waals surface area contributed by atoms with E-state index >= 15 is 0 Å². The maximum Gasteiger partial charge on any atom is 0.417 e. The van der Waals surface area contributed by atoms with Crippen LogP contribution in [0.3, 0.4) is 0 Å². The SMILES string of the molecule is COc1ccc(/C(Oc2ccc(OCCN3CCCCC3)cc2)=C(/C)c2ccc(S(C)(=O)=O)c(C(F)(F)F)c2)cc1. The zero-order chi connectivity index (χ0) is 29.6. The summed E-state index contributed by atoms with van der Waals surface area (Å²) in [7, 11) is -2.57. The molecule has 0 atom stereocenters. The van der Waals surface area contributed by atoms with Gasteiger partial charge in [-0.25, -0.2) is 8.42 Å². The van der Waals surface area contributed by atoms with Crippen LogP contribution in [0.5, 0.6) is 17.2 Å². The number of rotatable bonds is 10. The van der Waals surface area contributed by atoms with Gasteiger partial charge in [0.15, 0.2) is 9.84 Å². The molecule has 1 aliphatic heterocycles. The molecule has 0 unspecified atom stereocenters. The molecule has 6 nitrogen and oxygen atoms in total. The summed E-state index contributed by atoms with van der Waals surface area (Å²) in [6, 6.07) is 17.2. The number of benzene rings is 3. The van der Waals surface area contributed by atoms with Gasteiger partial charge in [0, 0.05) is 18.4 Å². The third-order valence-electron chi connectivity index (χ3n) is 6.98. The summed E-state index contributed by atoms with van der Waals surface area (Å²) in [5, 5.41) is 0. The average molecular weight is 590 g/mol. The van der Waals surface area contributed by atoms with E-state index in [1.165, 1.54) is 32.4 Å². The number of hydrogen-bond acceptors (Lipinski definition) is 6. The Labute approximate surface area is 239 Å². The molecular weight excluding hydrogens is 555 g/mol. The van der Waals surface area contributed by atoms with Crippen LogP contribution in [0, 0.1) is 0 Å². The first-order chi connectivity index (χ1) is 19.5. The van der Waals surface area contributed by atoms with Crippen molar-refractivity contribution in [3.63, 3.8) is 0 Å². The van der Waals surface area contributed by atoms with Crippen LogP contribution in [0.4, 0.5) is 13.2 Å². The van der Waals surface area contributed by atoms with Crippen molar-refractivity contribution in [1.29, 1.82) is 0 Å². The Morgan fingerprint density at radius 2 is 1.44 bits per heavy atom. The number of piperidine rings is 1. The topological polar surface area (TPSA) is 65.1 Å². The van der Waals surface area contributed by atoms with E-state index in [2.05, 4.69) is 4.90 Å². The lowest BCUT2D eigenvalue weighted by Crippen LogP contribution is -2.33. The molecule has 0 spiro atoms. The molecule has 41 heavy (non-hydrogen) atoms. The van der Waals surface area contributed by atoms with Crippen molar-refractivity contribution >= 4 is 21.2 Å². The van der Waals surface area contributed by atoms with Crippen LogP contribution < -0.4 is 14.2 Å². The van der Waals surface area contributed by atoms with E-state index in [-0.39, 0.29) is 5.56 Å². The van der Waals surface area contributed by atoms with Crippen LogP contribution in [0.15, 0.2) is 71.6 Å². The van der Waals surface area contributed by atoms with Crippen LogP contribution in [0.2, 0.25) is 0 Å². The summed E-state index contributed by atoms with van der Waals surface area (Å²) in [6.07, 6.45) is -0.392. The van der Waals surface area contributed by atoms with Crippen LogP contribution in [-0.4, -0.2) is 52.9 Å². The second-order valence-electron chi connectivity index (χ2n) is 9.99. The molecule has 3 aromatic rings. The number of sulfone groups is 1. The zero-order valence-corrected chi connectivity index (χ0v) is 24.1. The molecule has 1 saturated heterocycles. The van der Waals surface area contributed by atoms with Gasteiger partial charge in [-0.3, -0.25) is 4.90 Å². The van der Waals surface area contributed by atoms with E-state index in [0.717, 1.165) is 38.0 Å². The molecule has 0 N–H and O–H groups in total. The maximum atomic E-state index is 13.9. The molecule has 1 aliphatic rings. The normalized spacial score (nSPS) is 15.3. The largest absolute Gasteiger partial charge is 0.497 e. The van der Waals surface area contributed by atoms with Crippen molar-refractivity contribution in [2.45, 2.75) is 37.3 Å². The van der Waals surface area contributed by atoms with Gasteiger partial charge in [-0.2, -0.15) is 13.2 Å². The fraction of sp³-hybridized carbons (Fsp3) is 0.355.